The van der Waals surface area contributed by atoms with Gasteiger partial charge in [0, 0.05) is 31.1 Å². The summed E-state index contributed by atoms with van der Waals surface area (Å²) in [5.74, 6) is 0.0485. The van der Waals surface area contributed by atoms with Crippen molar-refractivity contribution in [1.82, 2.24) is 15.2 Å². The summed E-state index contributed by atoms with van der Waals surface area (Å²) in [5.41, 5.74) is 0.572. The Hall–Kier alpha value is -1.24. The van der Waals surface area contributed by atoms with Gasteiger partial charge in [0.1, 0.15) is 10.7 Å². The highest BCUT2D eigenvalue weighted by atomic mass is 32.1. The highest BCUT2D eigenvalue weighted by Crippen LogP contribution is 2.28. The van der Waals surface area contributed by atoms with Crippen LogP contribution in [0, 0.1) is 0 Å². The standard InChI is InChI=1S/C13H15N3OS2/c1-9-7-16(5-4-14-9)13(17)10-8-19-12(15-10)11-3-2-6-18-11/h2-3,6,8-9,14H,4-5,7H2,1H3. The van der Waals surface area contributed by atoms with E-state index in [2.05, 4.69) is 17.2 Å². The molecule has 1 N–H and O–H groups in total. The van der Waals surface area contributed by atoms with Crippen molar-refractivity contribution in [3.05, 3.63) is 28.6 Å². The van der Waals surface area contributed by atoms with Gasteiger partial charge in [-0.3, -0.25) is 4.79 Å². The van der Waals surface area contributed by atoms with Crippen LogP contribution in [-0.4, -0.2) is 41.5 Å². The normalized spacial score (nSPS) is 19.6. The molecule has 2 aromatic rings. The minimum absolute atomic E-state index is 0.0485. The number of nitrogens with zero attached hydrogens (tertiary/aromatic N) is 2. The quantitative estimate of drug-likeness (QED) is 0.924. The molecule has 0 radical (unpaired) electrons. The van der Waals surface area contributed by atoms with Crippen LogP contribution in [-0.2, 0) is 0 Å². The Kier molecular flexibility index (Phi) is 3.63. The first kappa shape index (κ1) is 12.8. The number of aromatic nitrogens is 1. The molecule has 1 fully saturated rings. The lowest BCUT2D eigenvalue weighted by molar-refractivity contribution is 0.0704. The molecule has 0 bridgehead atoms. The topological polar surface area (TPSA) is 45.2 Å². The van der Waals surface area contributed by atoms with Crippen LogP contribution >= 0.6 is 22.7 Å². The fourth-order valence-electron chi connectivity index (χ4n) is 2.16. The fourth-order valence-corrected chi connectivity index (χ4v) is 3.77. The zero-order chi connectivity index (χ0) is 13.2. The Morgan fingerprint density at radius 1 is 1.53 bits per heavy atom. The monoisotopic (exact) mass is 293 g/mol. The number of rotatable bonds is 2. The van der Waals surface area contributed by atoms with Crippen LogP contribution in [0.2, 0.25) is 0 Å². The van der Waals surface area contributed by atoms with Crippen molar-refractivity contribution in [1.29, 1.82) is 0 Å². The second kappa shape index (κ2) is 5.40. The van der Waals surface area contributed by atoms with Crippen LogP contribution < -0.4 is 5.32 Å². The van der Waals surface area contributed by atoms with Crippen LogP contribution in [0.5, 0.6) is 0 Å². The second-order valence-corrected chi connectivity index (χ2v) is 6.43. The van der Waals surface area contributed by atoms with Crippen molar-refractivity contribution in [2.45, 2.75) is 13.0 Å². The third-order valence-corrected chi connectivity index (χ3v) is 4.99. The molecule has 100 valence electrons. The van der Waals surface area contributed by atoms with E-state index in [1.54, 1.807) is 11.3 Å². The van der Waals surface area contributed by atoms with E-state index < -0.39 is 0 Å². The molecule has 1 unspecified atom stereocenters. The summed E-state index contributed by atoms with van der Waals surface area (Å²) in [6, 6.07) is 4.39. The number of amides is 1. The molecule has 19 heavy (non-hydrogen) atoms. The number of hydrogen-bond acceptors (Lipinski definition) is 5. The Morgan fingerprint density at radius 3 is 3.16 bits per heavy atom. The SMILES string of the molecule is CC1CN(C(=O)c2csc(-c3cccs3)n2)CCN1. The number of nitrogens with one attached hydrogen (secondary N) is 1. The van der Waals surface area contributed by atoms with Crippen molar-refractivity contribution >= 4 is 28.6 Å². The molecule has 1 aliphatic heterocycles. The van der Waals surface area contributed by atoms with E-state index in [-0.39, 0.29) is 5.91 Å². The first-order chi connectivity index (χ1) is 9.24. The van der Waals surface area contributed by atoms with E-state index in [9.17, 15) is 4.79 Å². The molecule has 0 spiro atoms. The predicted molar refractivity (Wildman–Crippen MR) is 78.8 cm³/mol. The molecular weight excluding hydrogens is 278 g/mol. The largest absolute Gasteiger partial charge is 0.334 e. The van der Waals surface area contributed by atoms with Gasteiger partial charge in [-0.05, 0) is 18.4 Å². The van der Waals surface area contributed by atoms with Gasteiger partial charge in [0.15, 0.2) is 0 Å². The van der Waals surface area contributed by atoms with E-state index >= 15 is 0 Å². The van der Waals surface area contributed by atoms with E-state index in [0.29, 0.717) is 11.7 Å². The molecule has 1 amide bonds. The highest BCUT2D eigenvalue weighted by Gasteiger charge is 2.23. The van der Waals surface area contributed by atoms with Gasteiger partial charge in [-0.25, -0.2) is 4.98 Å². The van der Waals surface area contributed by atoms with Crippen molar-refractivity contribution < 1.29 is 4.79 Å². The number of carbonyl (C=O) groups excluding carboxylic acids is 1. The van der Waals surface area contributed by atoms with Crippen LogP contribution in [0.15, 0.2) is 22.9 Å². The summed E-state index contributed by atoms with van der Waals surface area (Å²) in [6.45, 7) is 4.46. The van der Waals surface area contributed by atoms with Crippen molar-refractivity contribution in [2.24, 2.45) is 0 Å². The van der Waals surface area contributed by atoms with Gasteiger partial charge in [-0.2, -0.15) is 0 Å². The first-order valence-corrected chi connectivity index (χ1v) is 8.02. The molecule has 1 atom stereocenters. The van der Waals surface area contributed by atoms with Crippen LogP contribution in [0.1, 0.15) is 17.4 Å². The minimum Gasteiger partial charge on any atom is -0.334 e. The van der Waals surface area contributed by atoms with E-state index in [4.69, 9.17) is 0 Å². The number of piperazine rings is 1. The molecule has 4 nitrogen and oxygen atoms in total. The van der Waals surface area contributed by atoms with Crippen molar-refractivity contribution in [2.75, 3.05) is 19.6 Å². The summed E-state index contributed by atoms with van der Waals surface area (Å²) in [5, 5.41) is 8.16. The maximum absolute atomic E-state index is 12.4. The van der Waals surface area contributed by atoms with Crippen molar-refractivity contribution in [3.8, 4) is 9.88 Å². The lowest BCUT2D eigenvalue weighted by Crippen LogP contribution is -2.51. The van der Waals surface area contributed by atoms with Gasteiger partial charge in [-0.1, -0.05) is 6.07 Å². The predicted octanol–water partition coefficient (Wildman–Crippen LogP) is 2.31. The average Bonchev–Trinajstić information content (AvgIpc) is 3.08. The molecule has 6 heteroatoms. The fraction of sp³-hybridized carbons (Fsp3) is 0.385. The molecule has 2 aromatic heterocycles. The Labute approximate surface area is 120 Å². The summed E-state index contributed by atoms with van der Waals surface area (Å²) < 4.78 is 0. The second-order valence-electron chi connectivity index (χ2n) is 4.62. The highest BCUT2D eigenvalue weighted by molar-refractivity contribution is 7.20. The molecule has 3 heterocycles. The lowest BCUT2D eigenvalue weighted by Gasteiger charge is -2.31. The van der Waals surface area contributed by atoms with Crippen LogP contribution in [0.25, 0.3) is 9.88 Å². The molecule has 1 aliphatic rings. The molecule has 1 saturated heterocycles. The van der Waals surface area contributed by atoms with Gasteiger partial charge < -0.3 is 10.2 Å². The maximum atomic E-state index is 12.4. The minimum atomic E-state index is 0.0485. The third-order valence-electron chi connectivity index (χ3n) is 3.11. The van der Waals surface area contributed by atoms with Gasteiger partial charge >= 0.3 is 0 Å². The van der Waals surface area contributed by atoms with Gasteiger partial charge in [-0.15, -0.1) is 22.7 Å². The summed E-state index contributed by atoms with van der Waals surface area (Å²) in [6.07, 6.45) is 0. The zero-order valence-corrected chi connectivity index (χ0v) is 12.3. The Balaban J connectivity index is 1.77. The zero-order valence-electron chi connectivity index (χ0n) is 10.6. The third kappa shape index (κ3) is 2.70. The average molecular weight is 293 g/mol. The van der Waals surface area contributed by atoms with Gasteiger partial charge in [0.2, 0.25) is 0 Å². The summed E-state index contributed by atoms with van der Waals surface area (Å²) >= 11 is 3.19. The lowest BCUT2D eigenvalue weighted by atomic mass is 10.2. The van der Waals surface area contributed by atoms with Gasteiger partial charge in [0.05, 0.1) is 4.88 Å². The van der Waals surface area contributed by atoms with Crippen molar-refractivity contribution in [3.63, 3.8) is 0 Å². The molecular formula is C13H15N3OS2. The maximum Gasteiger partial charge on any atom is 0.273 e. The Bertz CT molecular complexity index is 564. The molecule has 0 saturated carbocycles. The molecule has 0 aliphatic carbocycles. The Morgan fingerprint density at radius 2 is 2.42 bits per heavy atom. The van der Waals surface area contributed by atoms with Gasteiger partial charge in [0.25, 0.3) is 5.91 Å². The van der Waals surface area contributed by atoms with E-state index in [0.717, 1.165) is 29.5 Å². The number of hydrogen-bond donors (Lipinski definition) is 1. The number of thiazole rings is 1. The first-order valence-electron chi connectivity index (χ1n) is 6.26. The number of carbonyl (C=O) groups is 1. The summed E-state index contributed by atoms with van der Waals surface area (Å²) in [4.78, 5) is 19.9. The smallest absolute Gasteiger partial charge is 0.273 e. The van der Waals surface area contributed by atoms with Crippen LogP contribution in [0.3, 0.4) is 0 Å². The summed E-state index contributed by atoms with van der Waals surface area (Å²) in [7, 11) is 0. The van der Waals surface area contributed by atoms with E-state index in [1.165, 1.54) is 11.3 Å². The number of thiophene rings is 1. The molecule has 0 aromatic carbocycles. The van der Waals surface area contributed by atoms with E-state index in [1.807, 2.05) is 27.8 Å². The molecule has 3 rings (SSSR count). The van der Waals surface area contributed by atoms with Crippen LogP contribution in [0.4, 0.5) is 0 Å².